The molecule has 0 amide bonds. The summed E-state index contributed by atoms with van der Waals surface area (Å²) in [6.45, 7) is 11.1. The first-order valence-electron chi connectivity index (χ1n) is 10.0. The van der Waals surface area contributed by atoms with Crippen LogP contribution in [0.3, 0.4) is 0 Å². The van der Waals surface area contributed by atoms with E-state index in [-0.39, 0.29) is 16.2 Å². The highest BCUT2D eigenvalue weighted by Crippen LogP contribution is 2.68. The van der Waals surface area contributed by atoms with Gasteiger partial charge in [0.25, 0.3) is 0 Å². The summed E-state index contributed by atoms with van der Waals surface area (Å²) in [7, 11) is 0. The van der Waals surface area contributed by atoms with Crippen molar-refractivity contribution >= 4 is 5.78 Å². The number of allylic oxidation sites excluding steroid dienone is 2. The summed E-state index contributed by atoms with van der Waals surface area (Å²) in [6, 6.07) is 0. The van der Waals surface area contributed by atoms with Crippen molar-refractivity contribution < 1.29 is 9.90 Å². The Morgan fingerprint density at radius 2 is 1.67 bits per heavy atom. The smallest absolute Gasteiger partial charge is 0.142 e. The van der Waals surface area contributed by atoms with Crippen LogP contribution in [0.2, 0.25) is 0 Å². The number of hydrogen-bond donors (Lipinski definition) is 1. The van der Waals surface area contributed by atoms with Gasteiger partial charge >= 0.3 is 0 Å². The average Bonchev–Trinajstić information content (AvgIpc) is 2.74. The van der Waals surface area contributed by atoms with Gasteiger partial charge in [-0.15, -0.1) is 0 Å². The van der Waals surface area contributed by atoms with Crippen LogP contribution >= 0.6 is 0 Å². The van der Waals surface area contributed by atoms with E-state index in [1.807, 2.05) is 0 Å². The van der Waals surface area contributed by atoms with Crippen molar-refractivity contribution in [2.24, 2.45) is 34.0 Å². The maximum Gasteiger partial charge on any atom is 0.142 e. The van der Waals surface area contributed by atoms with Crippen LogP contribution in [0.15, 0.2) is 11.6 Å². The second kappa shape index (κ2) is 4.75. The Morgan fingerprint density at radius 1 is 1.00 bits per heavy atom. The minimum atomic E-state index is -0.505. The normalized spacial score (nSPS) is 53.0. The maximum absolute atomic E-state index is 12.5. The molecular formula is C22H34O2. The SMILES string of the molecule is CC1(C)C(=O)CC[C@@]2(C)C1=CC[C@@H]1[C@@H]2CC[C@@]2(C)[C@H]1CC[C@@]2(C)O. The minimum Gasteiger partial charge on any atom is -0.390 e. The molecule has 4 aliphatic rings. The van der Waals surface area contributed by atoms with E-state index >= 15 is 0 Å². The molecule has 0 radical (unpaired) electrons. The molecule has 2 nitrogen and oxygen atoms in total. The topological polar surface area (TPSA) is 37.3 Å². The zero-order chi connectivity index (χ0) is 17.5. The minimum absolute atomic E-state index is 0.0792. The highest BCUT2D eigenvalue weighted by Gasteiger charge is 2.63. The molecule has 0 spiro atoms. The monoisotopic (exact) mass is 330 g/mol. The largest absolute Gasteiger partial charge is 0.390 e. The molecule has 0 bridgehead atoms. The highest BCUT2D eigenvalue weighted by atomic mass is 16.3. The summed E-state index contributed by atoms with van der Waals surface area (Å²) in [6.07, 6.45) is 9.81. The van der Waals surface area contributed by atoms with E-state index in [1.165, 1.54) is 18.4 Å². The van der Waals surface area contributed by atoms with E-state index in [0.29, 0.717) is 23.5 Å². The Morgan fingerprint density at radius 3 is 2.38 bits per heavy atom. The van der Waals surface area contributed by atoms with Gasteiger partial charge in [-0.3, -0.25) is 4.79 Å². The fraction of sp³-hybridized carbons (Fsp3) is 0.864. The molecule has 0 aromatic rings. The second-order valence-electron chi connectivity index (χ2n) is 10.5. The Kier molecular flexibility index (Phi) is 3.33. The van der Waals surface area contributed by atoms with Gasteiger partial charge in [0.1, 0.15) is 5.78 Å². The lowest BCUT2D eigenvalue weighted by molar-refractivity contribution is -0.135. The summed E-state index contributed by atoms with van der Waals surface area (Å²) in [4.78, 5) is 12.5. The first-order chi connectivity index (χ1) is 11.0. The third-order valence-electron chi connectivity index (χ3n) is 9.27. The molecule has 1 N–H and O–H groups in total. The van der Waals surface area contributed by atoms with Gasteiger partial charge < -0.3 is 5.11 Å². The van der Waals surface area contributed by atoms with Gasteiger partial charge in [0.2, 0.25) is 0 Å². The molecule has 2 heteroatoms. The summed E-state index contributed by atoms with van der Waals surface area (Å²) in [5.74, 6) is 2.45. The summed E-state index contributed by atoms with van der Waals surface area (Å²) in [5.41, 5.74) is 0.919. The zero-order valence-electron chi connectivity index (χ0n) is 16.1. The lowest BCUT2D eigenvalue weighted by atomic mass is 9.44. The first-order valence-corrected chi connectivity index (χ1v) is 10.0. The third kappa shape index (κ3) is 1.84. The van der Waals surface area contributed by atoms with Crippen molar-refractivity contribution in [3.63, 3.8) is 0 Å². The van der Waals surface area contributed by atoms with E-state index in [4.69, 9.17) is 0 Å². The summed E-state index contributed by atoms with van der Waals surface area (Å²) in [5, 5.41) is 11.0. The van der Waals surface area contributed by atoms with Crippen molar-refractivity contribution in [3.8, 4) is 0 Å². The standard InChI is InChI=1S/C22H34O2/c1-19(2)17-7-6-14-15(20(17,3)11-10-18(19)23)8-12-21(4)16(14)9-13-22(21,5)24/h7,14-16,24H,6,8-13H2,1-5H3/t14-,15+,16+,20-,21+,22-/m1/s1. The van der Waals surface area contributed by atoms with Gasteiger partial charge in [0.15, 0.2) is 0 Å². The number of hydrogen-bond acceptors (Lipinski definition) is 2. The summed E-state index contributed by atoms with van der Waals surface area (Å²) >= 11 is 0. The van der Waals surface area contributed by atoms with Gasteiger partial charge in [-0.2, -0.15) is 0 Å². The second-order valence-corrected chi connectivity index (χ2v) is 10.5. The molecule has 0 saturated heterocycles. The highest BCUT2D eigenvalue weighted by molar-refractivity contribution is 5.89. The molecule has 0 aliphatic heterocycles. The molecule has 24 heavy (non-hydrogen) atoms. The van der Waals surface area contributed by atoms with Gasteiger partial charge in [-0.05, 0) is 87.9 Å². The molecule has 134 valence electrons. The fourth-order valence-corrected chi connectivity index (χ4v) is 7.46. The molecule has 0 aromatic heterocycles. The molecular weight excluding hydrogens is 296 g/mol. The molecule has 4 aliphatic carbocycles. The molecule has 3 saturated carbocycles. The number of aliphatic hydroxyl groups is 1. The van der Waals surface area contributed by atoms with Crippen molar-refractivity contribution in [1.82, 2.24) is 0 Å². The molecule has 0 heterocycles. The van der Waals surface area contributed by atoms with Crippen molar-refractivity contribution in [1.29, 1.82) is 0 Å². The molecule has 0 unspecified atom stereocenters. The molecule has 3 fully saturated rings. The molecule has 6 atom stereocenters. The van der Waals surface area contributed by atoms with E-state index in [0.717, 1.165) is 32.1 Å². The van der Waals surface area contributed by atoms with E-state index < -0.39 is 5.60 Å². The number of carbonyl (C=O) groups excluding carboxylic acids is 1. The Labute approximate surface area is 147 Å². The van der Waals surface area contributed by atoms with Gasteiger partial charge in [0.05, 0.1) is 5.60 Å². The van der Waals surface area contributed by atoms with E-state index in [9.17, 15) is 9.90 Å². The number of ketones is 1. The summed E-state index contributed by atoms with van der Waals surface area (Å²) < 4.78 is 0. The van der Waals surface area contributed by atoms with E-state index in [2.05, 4.69) is 40.7 Å². The molecule has 0 aromatic carbocycles. The Hall–Kier alpha value is -0.630. The van der Waals surface area contributed by atoms with Crippen LogP contribution in [0.5, 0.6) is 0 Å². The lowest BCUT2D eigenvalue weighted by Crippen LogP contribution is -2.55. The van der Waals surface area contributed by atoms with Crippen LogP contribution in [0.25, 0.3) is 0 Å². The van der Waals surface area contributed by atoms with Gasteiger partial charge in [-0.1, -0.05) is 25.5 Å². The van der Waals surface area contributed by atoms with Crippen molar-refractivity contribution in [2.75, 3.05) is 0 Å². The predicted octanol–water partition coefficient (Wildman–Crippen LogP) is 4.91. The predicted molar refractivity (Wildman–Crippen MR) is 96.5 cm³/mol. The Bertz CT molecular complexity index is 613. The van der Waals surface area contributed by atoms with Crippen molar-refractivity contribution in [3.05, 3.63) is 11.6 Å². The van der Waals surface area contributed by atoms with Gasteiger partial charge in [0, 0.05) is 11.8 Å². The van der Waals surface area contributed by atoms with Crippen LogP contribution in [-0.2, 0) is 4.79 Å². The quantitative estimate of drug-likeness (QED) is 0.641. The van der Waals surface area contributed by atoms with Crippen LogP contribution in [0.4, 0.5) is 0 Å². The fourth-order valence-electron chi connectivity index (χ4n) is 7.46. The number of rotatable bonds is 0. The van der Waals surface area contributed by atoms with Crippen LogP contribution in [0.1, 0.15) is 79.6 Å². The number of carbonyl (C=O) groups is 1. The van der Waals surface area contributed by atoms with Crippen molar-refractivity contribution in [2.45, 2.75) is 85.2 Å². The first kappa shape index (κ1) is 16.8. The van der Waals surface area contributed by atoms with Crippen LogP contribution in [0, 0.1) is 34.0 Å². The number of Topliss-reactive ketones (excluding diaryl/α,β-unsaturated/α-hetero) is 1. The van der Waals surface area contributed by atoms with Gasteiger partial charge in [-0.25, -0.2) is 0 Å². The molecule has 4 rings (SSSR count). The maximum atomic E-state index is 12.5. The third-order valence-corrected chi connectivity index (χ3v) is 9.27. The van der Waals surface area contributed by atoms with Crippen LogP contribution < -0.4 is 0 Å². The average molecular weight is 331 g/mol. The number of fused-ring (bicyclic) bond motifs is 5. The van der Waals surface area contributed by atoms with E-state index in [1.54, 1.807) is 0 Å². The Balaban J connectivity index is 1.75. The zero-order valence-corrected chi connectivity index (χ0v) is 16.1. The lowest BCUT2D eigenvalue weighted by Gasteiger charge is -2.60. The van der Waals surface area contributed by atoms with Crippen LogP contribution in [-0.4, -0.2) is 16.5 Å².